The van der Waals surface area contributed by atoms with E-state index in [1.165, 1.54) is 11.4 Å². The molecule has 2 heteroatoms. The molecule has 0 amide bonds. The maximum Gasteiger partial charge on any atom is 0.242 e. The van der Waals surface area contributed by atoms with E-state index < -0.39 is 0 Å². The fraction of sp³-hybridized carbons (Fsp3) is 0.364. The number of hydrogen-bond donors (Lipinski definition) is 1. The van der Waals surface area contributed by atoms with E-state index in [1.54, 1.807) is 0 Å². The highest BCUT2D eigenvalue weighted by Gasteiger charge is 2.17. The van der Waals surface area contributed by atoms with Crippen molar-refractivity contribution < 1.29 is 4.57 Å². The van der Waals surface area contributed by atoms with E-state index in [0.29, 0.717) is 0 Å². The zero-order valence-corrected chi connectivity index (χ0v) is 8.33. The molecule has 0 bridgehead atoms. The van der Waals surface area contributed by atoms with Crippen LogP contribution in [0.2, 0.25) is 0 Å². The monoisotopic (exact) mass is 175 g/mol. The number of aromatic amines is 1. The second-order valence-electron chi connectivity index (χ2n) is 4.17. The predicted octanol–water partition coefficient (Wildman–Crippen LogP) is 1.91. The number of rotatable bonds is 0. The number of imidazole rings is 1. The van der Waals surface area contributed by atoms with E-state index in [-0.39, 0.29) is 5.41 Å². The van der Waals surface area contributed by atoms with Gasteiger partial charge in [0.05, 0.1) is 7.05 Å². The van der Waals surface area contributed by atoms with E-state index in [2.05, 4.69) is 47.7 Å². The van der Waals surface area contributed by atoms with Crippen molar-refractivity contribution in [2.75, 3.05) is 0 Å². The number of hydrogen-bond acceptors (Lipinski definition) is 0. The Morgan fingerprint density at radius 1 is 1.23 bits per heavy atom. The number of H-pyrrole nitrogens is 1. The normalized spacial score (nSPS) is 18.4. The summed E-state index contributed by atoms with van der Waals surface area (Å²) in [6.07, 6.45) is 10.7. The molecule has 1 aliphatic carbocycles. The van der Waals surface area contributed by atoms with Gasteiger partial charge in [0.2, 0.25) is 6.33 Å². The van der Waals surface area contributed by atoms with Crippen LogP contribution in [0.3, 0.4) is 0 Å². The Labute approximate surface area is 78.6 Å². The Balaban J connectivity index is 2.54. The first kappa shape index (κ1) is 8.30. The van der Waals surface area contributed by atoms with Crippen LogP contribution < -0.4 is 4.57 Å². The zero-order valence-electron chi connectivity index (χ0n) is 8.33. The molecular formula is C11H15N2+. The molecule has 0 fully saturated rings. The molecule has 0 saturated carbocycles. The molecule has 0 spiro atoms. The Morgan fingerprint density at radius 3 is 2.69 bits per heavy atom. The summed E-state index contributed by atoms with van der Waals surface area (Å²) >= 11 is 0. The molecule has 2 rings (SSSR count). The first-order chi connectivity index (χ1) is 6.08. The van der Waals surface area contributed by atoms with Crippen LogP contribution in [0.15, 0.2) is 18.5 Å². The van der Waals surface area contributed by atoms with E-state index in [1.807, 2.05) is 13.4 Å². The molecule has 68 valence electrons. The first-order valence-electron chi connectivity index (χ1n) is 4.54. The topological polar surface area (TPSA) is 19.7 Å². The van der Waals surface area contributed by atoms with Gasteiger partial charge in [-0.25, -0.2) is 9.55 Å². The maximum absolute atomic E-state index is 3.23. The van der Waals surface area contributed by atoms with Gasteiger partial charge in [0.1, 0.15) is 0 Å². The summed E-state index contributed by atoms with van der Waals surface area (Å²) in [4.78, 5) is 3.23. The quantitative estimate of drug-likeness (QED) is 0.581. The van der Waals surface area contributed by atoms with Gasteiger partial charge >= 0.3 is 0 Å². The summed E-state index contributed by atoms with van der Waals surface area (Å²) in [6, 6.07) is 0. The highest BCUT2D eigenvalue weighted by molar-refractivity contribution is 5.61. The van der Waals surface area contributed by atoms with Gasteiger partial charge < -0.3 is 0 Å². The largest absolute Gasteiger partial charge is 0.243 e. The summed E-state index contributed by atoms with van der Waals surface area (Å²) in [5, 5.41) is 0. The number of fused-ring (bicyclic) bond motifs is 1. The second kappa shape index (κ2) is 2.59. The Bertz CT molecular complexity index is 381. The molecule has 0 radical (unpaired) electrons. The molecule has 2 nitrogen and oxygen atoms in total. The minimum absolute atomic E-state index is 0.160. The Hall–Kier alpha value is -1.31. The lowest BCUT2D eigenvalue weighted by Gasteiger charge is -2.11. The van der Waals surface area contributed by atoms with Crippen LogP contribution in [0.25, 0.3) is 12.2 Å². The van der Waals surface area contributed by atoms with Crippen molar-refractivity contribution in [1.82, 2.24) is 4.98 Å². The summed E-state index contributed by atoms with van der Waals surface area (Å²) in [6.45, 7) is 4.40. The van der Waals surface area contributed by atoms with Crippen LogP contribution in [-0.2, 0) is 7.05 Å². The molecule has 1 heterocycles. The smallest absolute Gasteiger partial charge is 0.242 e. The molecule has 0 unspecified atom stereocenters. The van der Waals surface area contributed by atoms with Gasteiger partial charge in [-0.05, 0) is 12.2 Å². The molecular weight excluding hydrogens is 160 g/mol. The highest BCUT2D eigenvalue weighted by atomic mass is 15.0. The lowest BCUT2D eigenvalue weighted by Crippen LogP contribution is -2.28. The van der Waals surface area contributed by atoms with Crippen molar-refractivity contribution in [3.8, 4) is 0 Å². The summed E-state index contributed by atoms with van der Waals surface area (Å²) < 4.78 is 2.09. The van der Waals surface area contributed by atoms with Crippen molar-refractivity contribution in [1.29, 1.82) is 0 Å². The summed E-state index contributed by atoms with van der Waals surface area (Å²) in [7, 11) is 2.05. The lowest BCUT2D eigenvalue weighted by atomic mass is 9.93. The lowest BCUT2D eigenvalue weighted by molar-refractivity contribution is -0.671. The first-order valence-corrected chi connectivity index (χ1v) is 4.54. The third kappa shape index (κ3) is 1.44. The van der Waals surface area contributed by atoms with Crippen molar-refractivity contribution in [2.45, 2.75) is 13.8 Å². The number of aromatic nitrogens is 2. The maximum atomic E-state index is 3.23. The van der Waals surface area contributed by atoms with Crippen LogP contribution in [-0.4, -0.2) is 4.98 Å². The van der Waals surface area contributed by atoms with Crippen LogP contribution in [0.1, 0.15) is 25.2 Å². The zero-order chi connectivity index (χ0) is 9.47. The minimum atomic E-state index is 0.160. The van der Waals surface area contributed by atoms with Crippen LogP contribution in [0.4, 0.5) is 0 Å². The van der Waals surface area contributed by atoms with Gasteiger partial charge in [-0.15, -0.1) is 0 Å². The SMILES string of the molecule is C[n+]1c[nH]c2c1C=CC(C)(C)C=C2. The molecule has 1 aromatic heterocycles. The molecule has 1 aromatic rings. The van der Waals surface area contributed by atoms with Crippen molar-refractivity contribution in [2.24, 2.45) is 12.5 Å². The molecule has 0 saturated heterocycles. The van der Waals surface area contributed by atoms with Crippen molar-refractivity contribution >= 4 is 12.2 Å². The second-order valence-corrected chi connectivity index (χ2v) is 4.17. The van der Waals surface area contributed by atoms with E-state index >= 15 is 0 Å². The average molecular weight is 175 g/mol. The highest BCUT2D eigenvalue weighted by Crippen LogP contribution is 2.25. The van der Waals surface area contributed by atoms with Crippen molar-refractivity contribution in [3.05, 3.63) is 29.9 Å². The molecule has 1 aliphatic rings. The molecule has 13 heavy (non-hydrogen) atoms. The number of nitrogens with one attached hydrogen (secondary N) is 1. The van der Waals surface area contributed by atoms with Gasteiger partial charge in [0.15, 0.2) is 11.4 Å². The fourth-order valence-electron chi connectivity index (χ4n) is 1.49. The number of nitrogens with zero attached hydrogens (tertiary/aromatic N) is 1. The minimum Gasteiger partial charge on any atom is -0.243 e. The average Bonchev–Trinajstić information content (AvgIpc) is 2.32. The fourth-order valence-corrected chi connectivity index (χ4v) is 1.49. The Kier molecular flexibility index (Phi) is 1.65. The predicted molar refractivity (Wildman–Crippen MR) is 53.8 cm³/mol. The van der Waals surface area contributed by atoms with E-state index in [4.69, 9.17) is 0 Å². The van der Waals surface area contributed by atoms with Gasteiger partial charge in [-0.3, -0.25) is 0 Å². The summed E-state index contributed by atoms with van der Waals surface area (Å²) in [5.74, 6) is 0. The number of aryl methyl sites for hydroxylation is 1. The van der Waals surface area contributed by atoms with Crippen LogP contribution >= 0.6 is 0 Å². The molecule has 1 N–H and O–H groups in total. The molecule has 0 atom stereocenters. The summed E-state index contributed by atoms with van der Waals surface area (Å²) in [5.41, 5.74) is 2.58. The molecule has 0 aliphatic heterocycles. The third-order valence-corrected chi connectivity index (χ3v) is 2.42. The van der Waals surface area contributed by atoms with Crippen LogP contribution in [0.5, 0.6) is 0 Å². The van der Waals surface area contributed by atoms with E-state index in [9.17, 15) is 0 Å². The third-order valence-electron chi connectivity index (χ3n) is 2.42. The molecule has 0 aromatic carbocycles. The van der Waals surface area contributed by atoms with Gasteiger partial charge in [0.25, 0.3) is 0 Å². The number of allylic oxidation sites excluding steroid dienone is 2. The van der Waals surface area contributed by atoms with Gasteiger partial charge in [-0.1, -0.05) is 26.0 Å². The van der Waals surface area contributed by atoms with Gasteiger partial charge in [0, 0.05) is 5.41 Å². The standard InChI is InChI=1S/C11H14N2/c1-11(2)6-4-9-10(5-7-11)13(3)8-12-9/h4-8H,1-3H3/p+1. The van der Waals surface area contributed by atoms with Crippen LogP contribution in [0, 0.1) is 5.41 Å². The van der Waals surface area contributed by atoms with Gasteiger partial charge in [-0.2, -0.15) is 0 Å². The Morgan fingerprint density at radius 2 is 1.92 bits per heavy atom. The van der Waals surface area contributed by atoms with E-state index in [0.717, 1.165) is 0 Å². The van der Waals surface area contributed by atoms with Crippen molar-refractivity contribution in [3.63, 3.8) is 0 Å².